The van der Waals surface area contributed by atoms with Crippen LogP contribution >= 0.6 is 28.1 Å². The predicted octanol–water partition coefficient (Wildman–Crippen LogP) is 6.56. The molecule has 5 rings (SSSR count). The Morgan fingerprint density at radius 2 is 1.81 bits per heavy atom. The van der Waals surface area contributed by atoms with Crippen molar-refractivity contribution in [3.05, 3.63) is 107 Å². The molecule has 1 N–H and O–H groups in total. The molecule has 0 aliphatic carbocycles. The highest BCUT2D eigenvalue weighted by molar-refractivity contribution is 9.10. The minimum absolute atomic E-state index is 0.317. The Labute approximate surface area is 197 Å². The van der Waals surface area contributed by atoms with Gasteiger partial charge in [0.15, 0.2) is 5.11 Å². The van der Waals surface area contributed by atoms with Crippen LogP contribution < -0.4 is 10.2 Å². The number of pyridine rings is 1. The van der Waals surface area contributed by atoms with E-state index in [1.165, 1.54) is 18.2 Å². The van der Waals surface area contributed by atoms with Crippen molar-refractivity contribution in [2.45, 2.75) is 12.1 Å². The number of nitrogens with one attached hydrogen (secondary N) is 1. The van der Waals surface area contributed by atoms with E-state index >= 15 is 0 Å². The van der Waals surface area contributed by atoms with Crippen molar-refractivity contribution < 1.29 is 13.2 Å². The molecule has 160 valence electrons. The third kappa shape index (κ3) is 3.80. The molecule has 2 aromatic carbocycles. The lowest BCUT2D eigenvalue weighted by molar-refractivity contribution is 0.438. The van der Waals surface area contributed by atoms with Gasteiger partial charge in [-0.05, 0) is 78.9 Å². The molecule has 1 saturated heterocycles. The SMILES string of the molecule is Fc1ccc(N2C(=S)N[C@H](c3ccccn3)[C@@H]2c2ccc(-c3ccc(Br)cc3F)o2)cc1. The zero-order valence-corrected chi connectivity index (χ0v) is 18.9. The quantitative estimate of drug-likeness (QED) is 0.314. The van der Waals surface area contributed by atoms with Gasteiger partial charge in [-0.3, -0.25) is 4.98 Å². The highest BCUT2D eigenvalue weighted by atomic mass is 79.9. The van der Waals surface area contributed by atoms with Gasteiger partial charge in [-0.1, -0.05) is 22.0 Å². The van der Waals surface area contributed by atoms with Crippen LogP contribution in [-0.4, -0.2) is 10.1 Å². The third-order valence-electron chi connectivity index (χ3n) is 5.32. The molecular formula is C24H16BrF2N3OS. The fourth-order valence-corrected chi connectivity index (χ4v) is 4.55. The summed E-state index contributed by atoms with van der Waals surface area (Å²) in [6.45, 7) is 0. The number of hydrogen-bond acceptors (Lipinski definition) is 3. The molecule has 0 unspecified atom stereocenters. The summed E-state index contributed by atoms with van der Waals surface area (Å²) in [6, 6.07) is 19.4. The van der Waals surface area contributed by atoms with Gasteiger partial charge in [0.1, 0.15) is 29.2 Å². The second-order valence-electron chi connectivity index (χ2n) is 7.30. The Bertz CT molecular complexity index is 1280. The first-order chi connectivity index (χ1) is 15.5. The highest BCUT2D eigenvalue weighted by Crippen LogP contribution is 2.43. The maximum absolute atomic E-state index is 14.5. The molecule has 4 aromatic rings. The van der Waals surface area contributed by atoms with E-state index in [4.69, 9.17) is 16.6 Å². The molecule has 0 spiro atoms. The molecule has 8 heteroatoms. The van der Waals surface area contributed by atoms with E-state index in [1.54, 1.807) is 36.5 Å². The number of halogens is 3. The second-order valence-corrected chi connectivity index (χ2v) is 8.60. The van der Waals surface area contributed by atoms with Crippen LogP contribution in [0.2, 0.25) is 0 Å². The monoisotopic (exact) mass is 511 g/mol. The fourth-order valence-electron chi connectivity index (χ4n) is 3.87. The van der Waals surface area contributed by atoms with Gasteiger partial charge < -0.3 is 14.6 Å². The maximum atomic E-state index is 14.5. The molecule has 0 radical (unpaired) electrons. The number of hydrogen-bond donors (Lipinski definition) is 1. The van der Waals surface area contributed by atoms with E-state index < -0.39 is 11.9 Å². The van der Waals surface area contributed by atoms with E-state index in [0.717, 1.165) is 5.69 Å². The summed E-state index contributed by atoms with van der Waals surface area (Å²) in [5.41, 5.74) is 1.84. The van der Waals surface area contributed by atoms with E-state index in [9.17, 15) is 8.78 Å². The lowest BCUT2D eigenvalue weighted by Crippen LogP contribution is -2.29. The predicted molar refractivity (Wildman–Crippen MR) is 126 cm³/mol. The summed E-state index contributed by atoms with van der Waals surface area (Å²) < 4.78 is 34.9. The summed E-state index contributed by atoms with van der Waals surface area (Å²) in [7, 11) is 0. The van der Waals surface area contributed by atoms with Crippen molar-refractivity contribution in [3.8, 4) is 11.3 Å². The Morgan fingerprint density at radius 3 is 2.53 bits per heavy atom. The van der Waals surface area contributed by atoms with Crippen molar-refractivity contribution >= 4 is 38.9 Å². The van der Waals surface area contributed by atoms with Crippen LogP contribution in [0.15, 0.2) is 87.9 Å². The normalized spacial score (nSPS) is 18.1. The minimum Gasteiger partial charge on any atom is -0.459 e. The van der Waals surface area contributed by atoms with E-state index in [0.29, 0.717) is 32.4 Å². The number of nitrogens with zero attached hydrogens (tertiary/aromatic N) is 2. The first-order valence-corrected chi connectivity index (χ1v) is 11.0. The third-order valence-corrected chi connectivity index (χ3v) is 6.13. The molecule has 32 heavy (non-hydrogen) atoms. The number of aromatic nitrogens is 1. The van der Waals surface area contributed by atoms with Gasteiger partial charge in [0.25, 0.3) is 0 Å². The number of benzene rings is 2. The maximum Gasteiger partial charge on any atom is 0.174 e. The molecule has 2 aromatic heterocycles. The van der Waals surface area contributed by atoms with Crippen LogP contribution in [0.4, 0.5) is 14.5 Å². The largest absolute Gasteiger partial charge is 0.459 e. The molecule has 0 saturated carbocycles. The zero-order chi connectivity index (χ0) is 22.2. The zero-order valence-electron chi connectivity index (χ0n) is 16.5. The molecule has 2 atom stereocenters. The lowest BCUT2D eigenvalue weighted by Gasteiger charge is -2.26. The molecule has 1 aliphatic heterocycles. The average Bonchev–Trinajstić information content (AvgIpc) is 3.39. The van der Waals surface area contributed by atoms with E-state index in [1.807, 2.05) is 29.2 Å². The Kier molecular flexibility index (Phi) is 5.48. The molecule has 3 heterocycles. The van der Waals surface area contributed by atoms with Gasteiger partial charge in [0.2, 0.25) is 0 Å². The molecular weight excluding hydrogens is 496 g/mol. The Balaban J connectivity index is 1.60. The summed E-state index contributed by atoms with van der Waals surface area (Å²) in [6.07, 6.45) is 1.71. The smallest absolute Gasteiger partial charge is 0.174 e. The first-order valence-electron chi connectivity index (χ1n) is 9.82. The van der Waals surface area contributed by atoms with Gasteiger partial charge in [-0.15, -0.1) is 0 Å². The number of anilines is 1. The van der Waals surface area contributed by atoms with Gasteiger partial charge >= 0.3 is 0 Å². The van der Waals surface area contributed by atoms with Crippen LogP contribution in [0.5, 0.6) is 0 Å². The number of furan rings is 1. The van der Waals surface area contributed by atoms with Crippen LogP contribution in [0.1, 0.15) is 23.5 Å². The van der Waals surface area contributed by atoms with E-state index in [-0.39, 0.29) is 11.9 Å². The molecule has 0 bridgehead atoms. The molecule has 1 fully saturated rings. The summed E-state index contributed by atoms with van der Waals surface area (Å²) >= 11 is 8.90. The first kappa shape index (κ1) is 20.8. The van der Waals surface area contributed by atoms with Crippen LogP contribution in [0, 0.1) is 11.6 Å². The van der Waals surface area contributed by atoms with Gasteiger partial charge in [-0.25, -0.2) is 8.78 Å². The topological polar surface area (TPSA) is 41.3 Å². The standard InChI is InChI=1S/C24H16BrF2N3OS/c25-14-4-9-17(18(27)13-14)20-10-11-21(31-20)23-22(19-3-1-2-12-28-19)29-24(32)30(23)16-7-5-15(26)6-8-16/h1-13,22-23H,(H,29,32)/t22-,23+/m1/s1. The fraction of sp³-hybridized carbons (Fsp3) is 0.0833. The Hall–Kier alpha value is -3.10. The van der Waals surface area contributed by atoms with Crippen molar-refractivity contribution in [3.63, 3.8) is 0 Å². The van der Waals surface area contributed by atoms with Crippen LogP contribution in [0.3, 0.4) is 0 Å². The Morgan fingerprint density at radius 1 is 1.00 bits per heavy atom. The summed E-state index contributed by atoms with van der Waals surface area (Å²) in [5.74, 6) is 0.254. The highest BCUT2D eigenvalue weighted by Gasteiger charge is 2.42. The minimum atomic E-state index is -0.407. The van der Waals surface area contributed by atoms with Crippen molar-refractivity contribution in [1.29, 1.82) is 0 Å². The van der Waals surface area contributed by atoms with Crippen molar-refractivity contribution in [2.75, 3.05) is 4.90 Å². The summed E-state index contributed by atoms with van der Waals surface area (Å²) in [4.78, 5) is 6.36. The lowest BCUT2D eigenvalue weighted by atomic mass is 10.0. The van der Waals surface area contributed by atoms with Gasteiger partial charge in [0, 0.05) is 16.4 Å². The van der Waals surface area contributed by atoms with Crippen LogP contribution in [0.25, 0.3) is 11.3 Å². The van der Waals surface area contributed by atoms with Gasteiger partial charge in [0.05, 0.1) is 17.3 Å². The van der Waals surface area contributed by atoms with Crippen molar-refractivity contribution in [2.24, 2.45) is 0 Å². The number of thiocarbonyl (C=S) groups is 1. The van der Waals surface area contributed by atoms with Crippen molar-refractivity contribution in [1.82, 2.24) is 10.3 Å². The molecule has 4 nitrogen and oxygen atoms in total. The van der Waals surface area contributed by atoms with Gasteiger partial charge in [-0.2, -0.15) is 0 Å². The number of rotatable bonds is 4. The van der Waals surface area contributed by atoms with Crippen LogP contribution in [-0.2, 0) is 0 Å². The molecule has 1 aliphatic rings. The van der Waals surface area contributed by atoms with E-state index in [2.05, 4.69) is 26.2 Å². The second kappa shape index (κ2) is 8.44. The molecule has 0 amide bonds. The summed E-state index contributed by atoms with van der Waals surface area (Å²) in [5, 5.41) is 3.77. The average molecular weight is 512 g/mol.